The number of nitrogens with zero attached hydrogens (tertiary/aromatic N) is 2. The number of halogens is 1. The lowest BCUT2D eigenvalue weighted by Crippen LogP contribution is -2.31. The van der Waals surface area contributed by atoms with Gasteiger partial charge in [-0.25, -0.2) is 0 Å². The molecule has 1 saturated heterocycles. The molecule has 2 aliphatic rings. The maximum Gasteiger partial charge on any atom is 0.259 e. The van der Waals surface area contributed by atoms with Gasteiger partial charge in [0.05, 0.1) is 16.7 Å². The van der Waals surface area contributed by atoms with Crippen LogP contribution in [0.5, 0.6) is 0 Å². The van der Waals surface area contributed by atoms with Crippen LogP contribution in [0.4, 0.5) is 0 Å². The third-order valence-corrected chi connectivity index (χ3v) is 7.46. The Bertz CT molecular complexity index is 1490. The number of hydrogen-bond acceptors (Lipinski definition) is 3. The van der Waals surface area contributed by atoms with E-state index in [4.69, 9.17) is 11.6 Å². The molecule has 1 fully saturated rings. The van der Waals surface area contributed by atoms with E-state index in [9.17, 15) is 9.59 Å². The summed E-state index contributed by atoms with van der Waals surface area (Å²) in [5.74, 6) is -0.729. The first-order valence-corrected chi connectivity index (χ1v) is 12.7. The largest absolute Gasteiger partial charge is 0.361 e. The van der Waals surface area contributed by atoms with Crippen LogP contribution >= 0.6 is 11.6 Å². The number of para-hydroxylation sites is 1. The first-order chi connectivity index (χ1) is 17.1. The van der Waals surface area contributed by atoms with Gasteiger partial charge in [0, 0.05) is 51.4 Å². The van der Waals surface area contributed by atoms with Gasteiger partial charge in [0.2, 0.25) is 0 Å². The van der Waals surface area contributed by atoms with Crippen molar-refractivity contribution in [1.82, 2.24) is 19.8 Å². The Hall–Kier alpha value is -3.35. The topological polar surface area (TPSA) is 70.1 Å². The van der Waals surface area contributed by atoms with E-state index in [1.807, 2.05) is 54.9 Å². The second-order valence-electron chi connectivity index (χ2n) is 9.43. The molecule has 0 saturated carbocycles. The maximum absolute atomic E-state index is 13.1. The zero-order valence-electron chi connectivity index (χ0n) is 19.4. The number of aromatic amines is 1. The Morgan fingerprint density at radius 1 is 0.857 bits per heavy atom. The Morgan fingerprint density at radius 2 is 1.63 bits per heavy atom. The summed E-state index contributed by atoms with van der Waals surface area (Å²) in [6, 6.07) is 13.5. The Morgan fingerprint density at radius 3 is 2.46 bits per heavy atom. The minimum atomic E-state index is -0.366. The minimum absolute atomic E-state index is 0.363. The summed E-state index contributed by atoms with van der Waals surface area (Å²) in [7, 11) is 0. The molecule has 178 valence electrons. The molecule has 35 heavy (non-hydrogen) atoms. The Kier molecular flexibility index (Phi) is 5.71. The Balaban J connectivity index is 1.44. The molecule has 6 nitrogen and oxygen atoms in total. The highest BCUT2D eigenvalue weighted by molar-refractivity contribution is 6.50. The van der Waals surface area contributed by atoms with Gasteiger partial charge in [0.1, 0.15) is 0 Å². The molecule has 0 bridgehead atoms. The molecule has 0 radical (unpaired) electrons. The number of likely N-dealkylation sites (tertiary alicyclic amines) is 1. The molecule has 2 aromatic carbocycles. The van der Waals surface area contributed by atoms with Crippen LogP contribution in [0.1, 0.15) is 36.8 Å². The zero-order valence-corrected chi connectivity index (χ0v) is 20.2. The van der Waals surface area contributed by atoms with Crippen LogP contribution in [0, 0.1) is 0 Å². The van der Waals surface area contributed by atoms with Crippen molar-refractivity contribution in [2.45, 2.75) is 32.2 Å². The van der Waals surface area contributed by atoms with E-state index < -0.39 is 0 Å². The standard InChI is InChI=1S/C28H27ClN4O2/c29-18-9-10-20-22(17-33(24(20)15-18)14-6-13-32-11-4-1-5-12-32)26-25(27(34)31-28(26)35)21-16-30-23-8-3-2-7-19(21)23/h2-3,7-10,15-17,30H,1,4-6,11-14H2,(H,31,34,35). The number of benzene rings is 2. The summed E-state index contributed by atoms with van der Waals surface area (Å²) in [6.07, 6.45) is 8.72. The van der Waals surface area contributed by atoms with E-state index in [-0.39, 0.29) is 11.8 Å². The molecule has 2 aromatic heterocycles. The molecule has 4 heterocycles. The molecule has 0 aliphatic carbocycles. The van der Waals surface area contributed by atoms with Crippen LogP contribution < -0.4 is 5.32 Å². The molecule has 0 spiro atoms. The van der Waals surface area contributed by atoms with Crippen molar-refractivity contribution in [2.24, 2.45) is 0 Å². The monoisotopic (exact) mass is 486 g/mol. The molecule has 2 amide bonds. The van der Waals surface area contributed by atoms with Gasteiger partial charge in [-0.2, -0.15) is 0 Å². The second kappa shape index (κ2) is 9.02. The van der Waals surface area contributed by atoms with Crippen LogP contribution in [0.2, 0.25) is 5.02 Å². The van der Waals surface area contributed by atoms with Crippen LogP contribution in [0.3, 0.4) is 0 Å². The number of aryl methyl sites for hydroxylation is 1. The van der Waals surface area contributed by atoms with Crippen LogP contribution in [0.25, 0.3) is 33.0 Å². The van der Waals surface area contributed by atoms with E-state index in [2.05, 4.69) is 19.8 Å². The molecule has 6 rings (SSSR count). The highest BCUT2D eigenvalue weighted by atomic mass is 35.5. The summed E-state index contributed by atoms with van der Waals surface area (Å²) in [5.41, 5.74) is 4.23. The number of H-pyrrole nitrogens is 1. The summed E-state index contributed by atoms with van der Waals surface area (Å²) < 4.78 is 2.18. The smallest absolute Gasteiger partial charge is 0.259 e. The number of hydrogen-bond donors (Lipinski definition) is 2. The normalized spacial score (nSPS) is 17.2. The van der Waals surface area contributed by atoms with Gasteiger partial charge in [0.15, 0.2) is 0 Å². The minimum Gasteiger partial charge on any atom is -0.361 e. The van der Waals surface area contributed by atoms with Crippen molar-refractivity contribution < 1.29 is 9.59 Å². The van der Waals surface area contributed by atoms with Crippen molar-refractivity contribution in [2.75, 3.05) is 19.6 Å². The van der Waals surface area contributed by atoms with Gasteiger partial charge in [-0.1, -0.05) is 42.3 Å². The van der Waals surface area contributed by atoms with Crippen molar-refractivity contribution in [3.8, 4) is 0 Å². The number of amides is 2. The van der Waals surface area contributed by atoms with E-state index in [1.165, 1.54) is 32.4 Å². The summed E-state index contributed by atoms with van der Waals surface area (Å²) in [5, 5.41) is 5.02. The molecular formula is C28H27ClN4O2. The van der Waals surface area contributed by atoms with Crippen LogP contribution in [-0.2, 0) is 16.1 Å². The fraction of sp³-hybridized carbons (Fsp3) is 0.286. The van der Waals surface area contributed by atoms with Crippen molar-refractivity contribution in [1.29, 1.82) is 0 Å². The number of carbonyl (C=O) groups is 2. The van der Waals surface area contributed by atoms with Crippen LogP contribution in [-0.4, -0.2) is 45.9 Å². The average molecular weight is 487 g/mol. The first-order valence-electron chi connectivity index (χ1n) is 12.3. The molecule has 0 atom stereocenters. The molecule has 7 heteroatoms. The molecule has 4 aromatic rings. The first kappa shape index (κ1) is 22.1. The highest BCUT2D eigenvalue weighted by Crippen LogP contribution is 2.38. The van der Waals surface area contributed by atoms with Gasteiger partial charge >= 0.3 is 0 Å². The van der Waals surface area contributed by atoms with Gasteiger partial charge in [0.25, 0.3) is 11.8 Å². The highest BCUT2D eigenvalue weighted by Gasteiger charge is 2.35. The number of aromatic nitrogens is 2. The third kappa shape index (κ3) is 3.97. The number of fused-ring (bicyclic) bond motifs is 2. The second-order valence-corrected chi connectivity index (χ2v) is 9.87. The maximum atomic E-state index is 13.1. The van der Waals surface area contributed by atoms with Crippen molar-refractivity contribution in [3.63, 3.8) is 0 Å². The van der Waals surface area contributed by atoms with E-state index in [1.54, 1.807) is 0 Å². The van der Waals surface area contributed by atoms with Gasteiger partial charge in [-0.15, -0.1) is 0 Å². The lowest BCUT2D eigenvalue weighted by molar-refractivity contribution is -0.122. The lowest BCUT2D eigenvalue weighted by atomic mass is 9.95. The lowest BCUT2D eigenvalue weighted by Gasteiger charge is -2.26. The van der Waals surface area contributed by atoms with Gasteiger partial charge in [-0.05, 0) is 57.1 Å². The number of nitrogens with one attached hydrogen (secondary N) is 2. The number of piperidine rings is 1. The molecular weight excluding hydrogens is 460 g/mol. The number of rotatable bonds is 6. The van der Waals surface area contributed by atoms with E-state index in [0.29, 0.717) is 16.2 Å². The van der Waals surface area contributed by atoms with E-state index >= 15 is 0 Å². The molecule has 2 N–H and O–H groups in total. The Labute approximate surface area is 208 Å². The predicted molar refractivity (Wildman–Crippen MR) is 140 cm³/mol. The summed E-state index contributed by atoms with van der Waals surface area (Å²) in [6.45, 7) is 4.22. The fourth-order valence-corrected chi connectivity index (χ4v) is 5.71. The summed E-state index contributed by atoms with van der Waals surface area (Å²) in [4.78, 5) is 31.9. The van der Waals surface area contributed by atoms with Crippen LogP contribution in [0.15, 0.2) is 54.9 Å². The molecule has 0 unspecified atom stereocenters. The third-order valence-electron chi connectivity index (χ3n) is 7.23. The quantitative estimate of drug-likeness (QED) is 0.367. The molecule has 2 aliphatic heterocycles. The predicted octanol–water partition coefficient (Wildman–Crippen LogP) is 5.22. The van der Waals surface area contributed by atoms with Gasteiger partial charge in [-0.3, -0.25) is 14.9 Å². The average Bonchev–Trinajstić information content (AvgIpc) is 3.52. The number of imide groups is 1. The number of carbonyl (C=O) groups excluding carboxylic acids is 2. The summed E-state index contributed by atoms with van der Waals surface area (Å²) >= 11 is 6.37. The van der Waals surface area contributed by atoms with Crippen molar-refractivity contribution in [3.05, 3.63) is 71.0 Å². The fourth-order valence-electron chi connectivity index (χ4n) is 5.54. The van der Waals surface area contributed by atoms with E-state index in [0.717, 1.165) is 52.4 Å². The van der Waals surface area contributed by atoms with Crippen molar-refractivity contribution >= 4 is 56.4 Å². The SMILES string of the molecule is O=C1NC(=O)C(c2cn(CCCN3CCCCC3)c3cc(Cl)ccc23)=C1c1c[nH]c2ccccc12. The van der Waals surface area contributed by atoms with Gasteiger partial charge < -0.3 is 14.5 Å². The zero-order chi connectivity index (χ0) is 23.9.